The van der Waals surface area contributed by atoms with Gasteiger partial charge in [-0.2, -0.15) is 0 Å². The van der Waals surface area contributed by atoms with Crippen molar-refractivity contribution in [3.05, 3.63) is 106 Å². The van der Waals surface area contributed by atoms with E-state index in [-0.39, 0.29) is 60.5 Å². The monoisotopic (exact) mass is 853 g/mol. The highest BCUT2D eigenvalue weighted by molar-refractivity contribution is 6.08. The van der Waals surface area contributed by atoms with Crippen molar-refractivity contribution in [2.45, 2.75) is 78.6 Å². The highest BCUT2D eigenvalue weighted by Crippen LogP contribution is 2.54. The molecule has 2 aliphatic carbocycles. The van der Waals surface area contributed by atoms with Gasteiger partial charge in [-0.1, -0.05) is 62.4 Å². The van der Waals surface area contributed by atoms with Crippen LogP contribution in [0.15, 0.2) is 83.8 Å². The van der Waals surface area contributed by atoms with Gasteiger partial charge in [-0.25, -0.2) is 14.0 Å². The third-order valence-corrected chi connectivity index (χ3v) is 11.9. The van der Waals surface area contributed by atoms with E-state index in [4.69, 9.17) is 10.5 Å². The number of carboxylic acids is 1. The van der Waals surface area contributed by atoms with E-state index in [9.17, 15) is 33.9 Å². The molecule has 3 aliphatic rings. The number of piperazine rings is 1. The molecule has 62 heavy (non-hydrogen) atoms. The zero-order valence-corrected chi connectivity index (χ0v) is 35.6. The SMILES string of the molecule is CCn1cc(C(=O)O)c(=O)c2cc(F)c(N3CCN(C(=O)OCc4ccc(NC(=O)C(CCCN)NC(=O)C5(C(=O)NC(C)C6C=CC=CC=C6)CC(C)(C)C5)cc4)CC3)cc21. The maximum absolute atomic E-state index is 15.4. The van der Waals surface area contributed by atoms with Gasteiger partial charge in [0.15, 0.2) is 0 Å². The van der Waals surface area contributed by atoms with Crippen LogP contribution in [0, 0.1) is 22.6 Å². The Bertz CT molecular complexity index is 2320. The number of aryl methyl sites for hydroxylation is 1. The largest absolute Gasteiger partial charge is 0.477 e. The summed E-state index contributed by atoms with van der Waals surface area (Å²) < 4.78 is 22.5. The molecule has 4 amide bonds. The molecule has 15 nitrogen and oxygen atoms in total. The zero-order valence-electron chi connectivity index (χ0n) is 35.6. The van der Waals surface area contributed by atoms with Crippen molar-refractivity contribution < 1.29 is 38.2 Å². The van der Waals surface area contributed by atoms with Crippen LogP contribution in [0.1, 0.15) is 69.3 Å². The van der Waals surface area contributed by atoms with E-state index in [1.807, 2.05) is 57.2 Å². The summed E-state index contributed by atoms with van der Waals surface area (Å²) in [5, 5.41) is 18.2. The molecule has 1 saturated carbocycles. The van der Waals surface area contributed by atoms with Crippen molar-refractivity contribution in [2.75, 3.05) is 42.9 Å². The van der Waals surface area contributed by atoms with Gasteiger partial charge in [-0.15, -0.1) is 0 Å². The molecule has 1 saturated heterocycles. The molecule has 2 unspecified atom stereocenters. The number of nitrogens with one attached hydrogen (secondary N) is 3. The molecule has 0 bridgehead atoms. The molecule has 16 heteroatoms. The first-order valence-corrected chi connectivity index (χ1v) is 21.1. The summed E-state index contributed by atoms with van der Waals surface area (Å²) in [6.07, 6.45) is 13.8. The molecular weight excluding hydrogens is 798 g/mol. The third-order valence-electron chi connectivity index (χ3n) is 11.9. The lowest BCUT2D eigenvalue weighted by atomic mass is 9.53. The number of amides is 4. The van der Waals surface area contributed by atoms with Crippen LogP contribution in [0.25, 0.3) is 10.9 Å². The Balaban J connectivity index is 1.02. The molecule has 6 N–H and O–H groups in total. The van der Waals surface area contributed by atoms with Crippen LogP contribution >= 0.6 is 0 Å². The zero-order chi connectivity index (χ0) is 44.8. The number of hydrogen-bond donors (Lipinski definition) is 5. The van der Waals surface area contributed by atoms with Gasteiger partial charge >= 0.3 is 12.1 Å². The molecule has 2 aromatic carbocycles. The number of halogens is 1. The molecule has 2 atom stereocenters. The predicted molar refractivity (Wildman–Crippen MR) is 234 cm³/mol. The minimum atomic E-state index is -1.38. The number of nitrogens with two attached hydrogens (primary N) is 1. The van der Waals surface area contributed by atoms with E-state index in [0.29, 0.717) is 62.2 Å². The van der Waals surface area contributed by atoms with Gasteiger partial charge < -0.3 is 45.9 Å². The van der Waals surface area contributed by atoms with Crippen LogP contribution in [0.2, 0.25) is 0 Å². The first-order valence-electron chi connectivity index (χ1n) is 21.1. The third kappa shape index (κ3) is 10.1. The van der Waals surface area contributed by atoms with Gasteiger partial charge in [0.1, 0.15) is 29.4 Å². The summed E-state index contributed by atoms with van der Waals surface area (Å²) in [6.45, 7) is 9.43. The number of carboxylic acid groups (broad SMARTS) is 1. The van der Waals surface area contributed by atoms with Gasteiger partial charge in [-0.3, -0.25) is 19.2 Å². The molecule has 2 fully saturated rings. The molecular formula is C46H56FN7O8. The second-order valence-corrected chi connectivity index (χ2v) is 17.0. The molecule has 0 spiro atoms. The van der Waals surface area contributed by atoms with Crippen LogP contribution in [0.3, 0.4) is 0 Å². The van der Waals surface area contributed by atoms with Crippen LogP contribution in [-0.4, -0.2) is 89.2 Å². The van der Waals surface area contributed by atoms with Gasteiger partial charge in [0.25, 0.3) is 0 Å². The Hall–Kier alpha value is -6.29. The fourth-order valence-corrected chi connectivity index (χ4v) is 8.58. The molecule has 0 radical (unpaired) electrons. The number of carbonyl (C=O) groups excluding carboxylic acids is 4. The summed E-state index contributed by atoms with van der Waals surface area (Å²) in [5.41, 5.74) is 4.83. The topological polar surface area (TPSA) is 205 Å². The number of carbonyl (C=O) groups is 5. The van der Waals surface area contributed by atoms with Crippen molar-refractivity contribution >= 4 is 52.1 Å². The molecule has 330 valence electrons. The molecule has 1 aliphatic heterocycles. The lowest BCUT2D eigenvalue weighted by Crippen LogP contribution is -2.63. The van der Waals surface area contributed by atoms with E-state index in [1.165, 1.54) is 11.1 Å². The number of allylic oxidation sites excluding steroid dienone is 4. The van der Waals surface area contributed by atoms with E-state index in [1.54, 1.807) is 46.7 Å². The molecule has 2 heterocycles. The highest BCUT2D eigenvalue weighted by Gasteiger charge is 2.59. The minimum absolute atomic E-state index is 0.0189. The molecule has 3 aromatic rings. The van der Waals surface area contributed by atoms with Crippen molar-refractivity contribution in [3.63, 3.8) is 0 Å². The lowest BCUT2D eigenvalue weighted by molar-refractivity contribution is -0.160. The maximum atomic E-state index is 15.4. The van der Waals surface area contributed by atoms with E-state index in [2.05, 4.69) is 16.0 Å². The second-order valence-electron chi connectivity index (χ2n) is 17.0. The Labute approximate surface area is 359 Å². The summed E-state index contributed by atoms with van der Waals surface area (Å²) in [7, 11) is 0. The molecule has 6 rings (SSSR count). The average Bonchev–Trinajstić information content (AvgIpc) is 3.54. The Morgan fingerprint density at radius 1 is 0.952 bits per heavy atom. The number of rotatable bonds is 15. The van der Waals surface area contributed by atoms with Crippen molar-refractivity contribution in [1.29, 1.82) is 0 Å². The van der Waals surface area contributed by atoms with Crippen molar-refractivity contribution in [2.24, 2.45) is 22.5 Å². The highest BCUT2D eigenvalue weighted by atomic mass is 19.1. The van der Waals surface area contributed by atoms with Crippen LogP contribution < -0.4 is 32.0 Å². The van der Waals surface area contributed by atoms with Gasteiger partial charge in [-0.05, 0) is 81.3 Å². The van der Waals surface area contributed by atoms with E-state index >= 15 is 4.39 Å². The van der Waals surface area contributed by atoms with Crippen LogP contribution in [-0.2, 0) is 32.3 Å². The Morgan fingerprint density at radius 2 is 1.60 bits per heavy atom. The number of fused-ring (bicyclic) bond motifs is 1. The number of pyridine rings is 1. The van der Waals surface area contributed by atoms with E-state index in [0.717, 1.165) is 6.07 Å². The summed E-state index contributed by atoms with van der Waals surface area (Å²) >= 11 is 0. The number of ether oxygens (including phenoxy) is 1. The standard InChI is InChI=1S/C46H56FN7O8/c1-5-52-25-34(41(57)58)39(55)33-23-35(47)38(24-37(33)52)53-19-21-54(22-20-53)44(61)62-26-30-14-16-32(17-15-30)50-40(56)36(13-10-18-48)51-43(60)46(27-45(3,4)28-46)42(59)49-29(2)31-11-8-6-7-9-12-31/h6-9,11-12,14-17,23-25,29,31,36H,5,10,13,18-22,26-28,48H2,1-4H3,(H,49,59)(H,50,56)(H,51,60)(H,57,58). The number of anilines is 2. The van der Waals surface area contributed by atoms with Crippen molar-refractivity contribution in [3.8, 4) is 0 Å². The summed E-state index contributed by atoms with van der Waals surface area (Å²) in [5.74, 6) is -3.40. The maximum Gasteiger partial charge on any atom is 0.410 e. The Morgan fingerprint density at radius 3 is 2.19 bits per heavy atom. The Kier molecular flexibility index (Phi) is 14.0. The smallest absolute Gasteiger partial charge is 0.410 e. The second kappa shape index (κ2) is 19.2. The first kappa shape index (κ1) is 45.2. The number of hydrogen-bond acceptors (Lipinski definition) is 9. The number of aromatic carboxylic acids is 1. The number of benzene rings is 2. The van der Waals surface area contributed by atoms with E-state index < -0.39 is 52.1 Å². The minimum Gasteiger partial charge on any atom is -0.477 e. The lowest BCUT2D eigenvalue weighted by Gasteiger charge is -2.51. The average molecular weight is 854 g/mol. The van der Waals surface area contributed by atoms with Gasteiger partial charge in [0.05, 0.1) is 11.2 Å². The summed E-state index contributed by atoms with van der Waals surface area (Å²) in [6, 6.07) is 8.15. The fraction of sp³-hybridized carbons (Fsp3) is 0.435. The fourth-order valence-electron chi connectivity index (χ4n) is 8.58. The predicted octanol–water partition coefficient (Wildman–Crippen LogP) is 5.09. The summed E-state index contributed by atoms with van der Waals surface area (Å²) in [4.78, 5) is 82.1. The molecule has 1 aromatic heterocycles. The quantitative estimate of drug-likeness (QED) is 0.128. The van der Waals surface area contributed by atoms with Crippen LogP contribution in [0.5, 0.6) is 0 Å². The number of nitrogens with zero attached hydrogens (tertiary/aromatic N) is 3. The van der Waals surface area contributed by atoms with Gasteiger partial charge in [0.2, 0.25) is 23.2 Å². The normalized spacial score (nSPS) is 17.7. The first-order chi connectivity index (χ1) is 29.5. The van der Waals surface area contributed by atoms with Crippen molar-refractivity contribution in [1.82, 2.24) is 20.1 Å². The van der Waals surface area contributed by atoms with Crippen LogP contribution in [0.4, 0.5) is 20.6 Å². The number of aromatic nitrogens is 1. The van der Waals surface area contributed by atoms with Gasteiger partial charge in [0, 0.05) is 62.0 Å².